The predicted octanol–water partition coefficient (Wildman–Crippen LogP) is 2.78. The summed E-state index contributed by atoms with van der Waals surface area (Å²) in [5, 5.41) is 2.31. The molecule has 1 aromatic carbocycles. The molecule has 0 radical (unpaired) electrons. The number of rotatable bonds is 2. The average Bonchev–Trinajstić information content (AvgIpc) is 3.03. The number of aromatic nitrogens is 1. The van der Waals surface area contributed by atoms with Crippen molar-refractivity contribution < 1.29 is 4.74 Å². The number of hydrogen-bond donors (Lipinski definition) is 0. The first kappa shape index (κ1) is 7.80. The van der Waals surface area contributed by atoms with Crippen molar-refractivity contribution in [2.75, 3.05) is 0 Å². The van der Waals surface area contributed by atoms with E-state index in [2.05, 4.69) is 17.1 Å². The standard InChI is InChI=1S/C12H11NO/c1-2-4-11-9(3-1)7-8-13-12(11)14-10-5-6-10/h1-4,7-8,10H,5-6H2. The van der Waals surface area contributed by atoms with Crippen molar-refractivity contribution in [2.45, 2.75) is 18.9 Å². The molecule has 0 spiro atoms. The third-order valence-corrected chi connectivity index (χ3v) is 2.44. The maximum atomic E-state index is 5.73. The van der Waals surface area contributed by atoms with Gasteiger partial charge in [0, 0.05) is 11.6 Å². The molecule has 0 atom stereocenters. The largest absolute Gasteiger partial charge is 0.474 e. The molecular weight excluding hydrogens is 174 g/mol. The van der Waals surface area contributed by atoms with E-state index in [0.717, 1.165) is 11.3 Å². The van der Waals surface area contributed by atoms with Gasteiger partial charge in [-0.3, -0.25) is 0 Å². The summed E-state index contributed by atoms with van der Waals surface area (Å²) >= 11 is 0. The van der Waals surface area contributed by atoms with Crippen LogP contribution >= 0.6 is 0 Å². The first-order valence-electron chi connectivity index (χ1n) is 4.94. The van der Waals surface area contributed by atoms with Crippen molar-refractivity contribution in [1.29, 1.82) is 0 Å². The number of hydrogen-bond acceptors (Lipinski definition) is 2. The molecule has 0 N–H and O–H groups in total. The van der Waals surface area contributed by atoms with Crippen LogP contribution in [0.4, 0.5) is 0 Å². The van der Waals surface area contributed by atoms with Crippen LogP contribution in [0.1, 0.15) is 12.8 Å². The molecule has 1 fully saturated rings. The maximum absolute atomic E-state index is 5.73. The van der Waals surface area contributed by atoms with Gasteiger partial charge in [-0.1, -0.05) is 18.2 Å². The molecule has 3 rings (SSSR count). The zero-order valence-electron chi connectivity index (χ0n) is 7.81. The quantitative estimate of drug-likeness (QED) is 0.717. The number of nitrogens with zero attached hydrogens (tertiary/aromatic N) is 1. The van der Waals surface area contributed by atoms with E-state index in [1.807, 2.05) is 18.2 Å². The van der Waals surface area contributed by atoms with Crippen LogP contribution in [0.25, 0.3) is 10.8 Å². The van der Waals surface area contributed by atoms with Gasteiger partial charge in [0.2, 0.25) is 5.88 Å². The minimum absolute atomic E-state index is 0.410. The third-order valence-electron chi connectivity index (χ3n) is 2.44. The molecule has 1 aromatic heterocycles. The van der Waals surface area contributed by atoms with Gasteiger partial charge in [0.15, 0.2) is 0 Å². The predicted molar refractivity (Wildman–Crippen MR) is 55.4 cm³/mol. The van der Waals surface area contributed by atoms with Crippen molar-refractivity contribution >= 4 is 10.8 Å². The highest BCUT2D eigenvalue weighted by Gasteiger charge is 2.24. The topological polar surface area (TPSA) is 22.1 Å². The van der Waals surface area contributed by atoms with Crippen molar-refractivity contribution in [2.24, 2.45) is 0 Å². The van der Waals surface area contributed by atoms with Crippen LogP contribution < -0.4 is 4.74 Å². The summed E-state index contributed by atoms with van der Waals surface area (Å²) in [6, 6.07) is 10.2. The molecule has 2 aromatic rings. The number of ether oxygens (including phenoxy) is 1. The molecule has 70 valence electrons. The van der Waals surface area contributed by atoms with Gasteiger partial charge in [-0.05, 0) is 30.4 Å². The molecule has 2 heteroatoms. The van der Waals surface area contributed by atoms with E-state index in [0.29, 0.717) is 6.10 Å². The highest BCUT2D eigenvalue weighted by atomic mass is 16.5. The fraction of sp³-hybridized carbons (Fsp3) is 0.250. The van der Waals surface area contributed by atoms with Crippen molar-refractivity contribution in [1.82, 2.24) is 4.98 Å². The number of fused-ring (bicyclic) bond motifs is 1. The van der Waals surface area contributed by atoms with E-state index in [1.54, 1.807) is 6.20 Å². The van der Waals surface area contributed by atoms with Crippen molar-refractivity contribution in [3.05, 3.63) is 36.5 Å². The summed E-state index contributed by atoms with van der Waals surface area (Å²) in [4.78, 5) is 4.26. The molecular formula is C12H11NO. The van der Waals surface area contributed by atoms with Crippen LogP contribution in [0.3, 0.4) is 0 Å². The van der Waals surface area contributed by atoms with E-state index in [4.69, 9.17) is 4.74 Å². The Morgan fingerprint density at radius 3 is 2.86 bits per heavy atom. The molecule has 2 nitrogen and oxygen atoms in total. The SMILES string of the molecule is c1ccc2c(OC3CC3)nccc2c1. The lowest BCUT2D eigenvalue weighted by molar-refractivity contribution is 0.295. The minimum atomic E-state index is 0.410. The lowest BCUT2D eigenvalue weighted by atomic mass is 10.2. The zero-order valence-corrected chi connectivity index (χ0v) is 7.81. The molecule has 0 saturated heterocycles. The third kappa shape index (κ3) is 1.33. The maximum Gasteiger partial charge on any atom is 0.221 e. The Kier molecular flexibility index (Phi) is 1.66. The molecule has 0 bridgehead atoms. The summed E-state index contributed by atoms with van der Waals surface area (Å²) in [6.07, 6.45) is 4.56. The molecule has 1 heterocycles. The van der Waals surface area contributed by atoms with Crippen LogP contribution in [0, 0.1) is 0 Å². The first-order chi connectivity index (χ1) is 6.93. The Bertz CT molecular complexity index is 457. The Labute approximate surface area is 82.5 Å². The Hall–Kier alpha value is -1.57. The van der Waals surface area contributed by atoms with Gasteiger partial charge < -0.3 is 4.74 Å². The van der Waals surface area contributed by atoms with E-state index in [9.17, 15) is 0 Å². The second kappa shape index (κ2) is 2.98. The van der Waals surface area contributed by atoms with Crippen molar-refractivity contribution in [3.8, 4) is 5.88 Å². The van der Waals surface area contributed by atoms with Crippen LogP contribution in [0.2, 0.25) is 0 Å². The van der Waals surface area contributed by atoms with Gasteiger partial charge in [0.1, 0.15) is 6.10 Å². The Morgan fingerprint density at radius 1 is 1.14 bits per heavy atom. The van der Waals surface area contributed by atoms with Gasteiger partial charge in [-0.15, -0.1) is 0 Å². The molecule has 0 unspecified atom stereocenters. The molecule has 1 aliphatic rings. The Morgan fingerprint density at radius 2 is 2.00 bits per heavy atom. The van der Waals surface area contributed by atoms with Gasteiger partial charge in [-0.25, -0.2) is 4.98 Å². The normalized spacial score (nSPS) is 15.7. The smallest absolute Gasteiger partial charge is 0.221 e. The lowest BCUT2D eigenvalue weighted by Crippen LogP contribution is -1.98. The van der Waals surface area contributed by atoms with Gasteiger partial charge >= 0.3 is 0 Å². The van der Waals surface area contributed by atoms with Crippen LogP contribution in [-0.4, -0.2) is 11.1 Å². The second-order valence-electron chi connectivity index (χ2n) is 3.65. The van der Waals surface area contributed by atoms with Gasteiger partial charge in [0.25, 0.3) is 0 Å². The Balaban J connectivity index is 2.11. The monoisotopic (exact) mass is 185 g/mol. The van der Waals surface area contributed by atoms with Crippen LogP contribution in [-0.2, 0) is 0 Å². The van der Waals surface area contributed by atoms with Gasteiger partial charge in [-0.2, -0.15) is 0 Å². The van der Waals surface area contributed by atoms with E-state index in [1.165, 1.54) is 18.2 Å². The minimum Gasteiger partial charge on any atom is -0.474 e. The zero-order chi connectivity index (χ0) is 9.38. The lowest BCUT2D eigenvalue weighted by Gasteiger charge is -2.05. The van der Waals surface area contributed by atoms with E-state index < -0.39 is 0 Å². The molecule has 1 saturated carbocycles. The summed E-state index contributed by atoms with van der Waals surface area (Å²) in [5.41, 5.74) is 0. The summed E-state index contributed by atoms with van der Waals surface area (Å²) < 4.78 is 5.73. The fourth-order valence-corrected chi connectivity index (χ4v) is 1.53. The molecule has 0 aliphatic heterocycles. The summed E-state index contributed by atoms with van der Waals surface area (Å²) in [6.45, 7) is 0. The first-order valence-corrected chi connectivity index (χ1v) is 4.94. The highest BCUT2D eigenvalue weighted by molar-refractivity contribution is 5.86. The molecule has 0 amide bonds. The summed E-state index contributed by atoms with van der Waals surface area (Å²) in [5.74, 6) is 0.783. The van der Waals surface area contributed by atoms with Crippen LogP contribution in [0.5, 0.6) is 5.88 Å². The highest BCUT2D eigenvalue weighted by Crippen LogP contribution is 2.29. The van der Waals surface area contributed by atoms with Crippen molar-refractivity contribution in [3.63, 3.8) is 0 Å². The van der Waals surface area contributed by atoms with Gasteiger partial charge in [0.05, 0.1) is 0 Å². The average molecular weight is 185 g/mol. The number of benzene rings is 1. The van der Waals surface area contributed by atoms with E-state index >= 15 is 0 Å². The fourth-order valence-electron chi connectivity index (χ4n) is 1.53. The van der Waals surface area contributed by atoms with Crippen LogP contribution in [0.15, 0.2) is 36.5 Å². The summed E-state index contributed by atoms with van der Waals surface area (Å²) in [7, 11) is 0. The molecule has 1 aliphatic carbocycles. The van der Waals surface area contributed by atoms with E-state index in [-0.39, 0.29) is 0 Å². The molecule has 14 heavy (non-hydrogen) atoms. The number of pyridine rings is 1. The second-order valence-corrected chi connectivity index (χ2v) is 3.65.